The highest BCUT2D eigenvalue weighted by Crippen LogP contribution is 2.39. The zero-order chi connectivity index (χ0) is 21.7. The molecular weight excluding hydrogens is 390 g/mol. The van der Waals surface area contributed by atoms with E-state index in [4.69, 9.17) is 0 Å². The molecule has 1 aliphatic carbocycles. The normalized spacial score (nSPS) is 28.2. The predicted molar refractivity (Wildman–Crippen MR) is 121 cm³/mol. The van der Waals surface area contributed by atoms with Crippen molar-refractivity contribution in [1.82, 2.24) is 24.9 Å². The van der Waals surface area contributed by atoms with Gasteiger partial charge in [-0.1, -0.05) is 30.3 Å². The smallest absolute Gasteiger partial charge is 0.241 e. The lowest BCUT2D eigenvalue weighted by atomic mass is 9.74. The Morgan fingerprint density at radius 2 is 1.87 bits per heavy atom. The number of carbonyl (C=O) groups excluding carboxylic acids is 1. The summed E-state index contributed by atoms with van der Waals surface area (Å²) < 4.78 is 1.64. The second-order valence-electron chi connectivity index (χ2n) is 9.18. The molecule has 0 radical (unpaired) electrons. The van der Waals surface area contributed by atoms with E-state index in [2.05, 4.69) is 51.5 Å². The molecule has 168 valence electrons. The Labute approximate surface area is 185 Å². The topological polar surface area (TPSA) is 73.6 Å². The fourth-order valence-corrected chi connectivity index (χ4v) is 5.16. The zero-order valence-electron chi connectivity index (χ0n) is 18.5. The highest BCUT2D eigenvalue weighted by molar-refractivity contribution is 5.75. The molecule has 4 rings (SSSR count). The fraction of sp³-hybridized carbons (Fsp3) is 0.583. The Kier molecular flexibility index (Phi) is 7.05. The molecule has 1 aromatic carbocycles. The van der Waals surface area contributed by atoms with Crippen LogP contribution in [0.2, 0.25) is 0 Å². The molecule has 2 aliphatic rings. The molecule has 7 nitrogen and oxygen atoms in total. The first kappa shape index (κ1) is 22.0. The second-order valence-corrected chi connectivity index (χ2v) is 9.18. The quantitative estimate of drug-likeness (QED) is 0.686. The Morgan fingerprint density at radius 1 is 1.13 bits per heavy atom. The van der Waals surface area contributed by atoms with Crippen molar-refractivity contribution in [3.63, 3.8) is 0 Å². The van der Waals surface area contributed by atoms with Gasteiger partial charge in [0.15, 0.2) is 0 Å². The molecule has 0 spiro atoms. The van der Waals surface area contributed by atoms with Gasteiger partial charge in [-0.15, -0.1) is 0 Å². The van der Waals surface area contributed by atoms with Crippen molar-refractivity contribution in [2.45, 2.75) is 49.8 Å². The fourth-order valence-electron chi connectivity index (χ4n) is 5.16. The zero-order valence-corrected chi connectivity index (χ0v) is 18.5. The van der Waals surface area contributed by atoms with Crippen LogP contribution in [0.4, 0.5) is 0 Å². The van der Waals surface area contributed by atoms with Gasteiger partial charge < -0.3 is 15.3 Å². The van der Waals surface area contributed by atoms with Crippen molar-refractivity contribution in [2.75, 3.05) is 39.8 Å². The van der Waals surface area contributed by atoms with E-state index in [1.807, 2.05) is 12.1 Å². The van der Waals surface area contributed by atoms with Crippen LogP contribution in [-0.4, -0.2) is 82.5 Å². The molecule has 1 aliphatic heterocycles. The molecule has 7 heteroatoms. The standard InChI is InChI=1S/C24H35N5O2/c1-27-14-16-28(17-15-27)21-8-10-24(11-9-22(21)30,20-6-3-2-4-7-20)19-25-23(31)18-29-13-5-12-26-29/h2-7,12-13,21-22,30H,8-11,14-19H2,1H3,(H,25,31)/t21-,22-,24-/m0/s1. The summed E-state index contributed by atoms with van der Waals surface area (Å²) >= 11 is 0. The Bertz CT molecular complexity index is 820. The van der Waals surface area contributed by atoms with Crippen LogP contribution in [0.25, 0.3) is 0 Å². The number of hydrogen-bond donors (Lipinski definition) is 2. The van der Waals surface area contributed by atoms with Crippen molar-refractivity contribution in [1.29, 1.82) is 0 Å². The lowest BCUT2D eigenvalue weighted by Crippen LogP contribution is -2.52. The van der Waals surface area contributed by atoms with E-state index in [1.165, 1.54) is 5.56 Å². The molecule has 2 N–H and O–H groups in total. The molecule has 3 atom stereocenters. The average molecular weight is 426 g/mol. The maximum Gasteiger partial charge on any atom is 0.241 e. The molecule has 1 aromatic heterocycles. The summed E-state index contributed by atoms with van der Waals surface area (Å²) in [5.74, 6) is -0.0283. The molecule has 1 saturated heterocycles. The van der Waals surface area contributed by atoms with E-state index in [0.717, 1.165) is 51.9 Å². The molecular formula is C24H35N5O2. The van der Waals surface area contributed by atoms with Gasteiger partial charge in [-0.2, -0.15) is 5.10 Å². The van der Waals surface area contributed by atoms with Gasteiger partial charge in [0.25, 0.3) is 0 Å². The average Bonchev–Trinajstić information content (AvgIpc) is 3.23. The van der Waals surface area contributed by atoms with Gasteiger partial charge in [-0.3, -0.25) is 14.4 Å². The van der Waals surface area contributed by atoms with E-state index < -0.39 is 0 Å². The number of aromatic nitrogens is 2. The number of rotatable bonds is 6. The maximum atomic E-state index is 12.6. The molecule has 2 fully saturated rings. The van der Waals surface area contributed by atoms with Gasteiger partial charge in [0.2, 0.25) is 5.91 Å². The van der Waals surface area contributed by atoms with E-state index in [-0.39, 0.29) is 30.0 Å². The number of aliphatic hydroxyl groups excluding tert-OH is 1. The number of aliphatic hydroxyl groups is 1. The van der Waals surface area contributed by atoms with Crippen LogP contribution >= 0.6 is 0 Å². The Morgan fingerprint density at radius 3 is 2.58 bits per heavy atom. The van der Waals surface area contributed by atoms with E-state index in [9.17, 15) is 9.90 Å². The number of amides is 1. The highest BCUT2D eigenvalue weighted by Gasteiger charge is 2.40. The van der Waals surface area contributed by atoms with Crippen molar-refractivity contribution in [3.05, 3.63) is 54.4 Å². The summed E-state index contributed by atoms with van der Waals surface area (Å²) in [4.78, 5) is 17.4. The van der Waals surface area contributed by atoms with Crippen molar-refractivity contribution in [2.24, 2.45) is 0 Å². The molecule has 31 heavy (non-hydrogen) atoms. The number of nitrogens with zero attached hydrogens (tertiary/aromatic N) is 4. The first-order chi connectivity index (χ1) is 15.1. The second kappa shape index (κ2) is 9.94. The molecule has 1 saturated carbocycles. The largest absolute Gasteiger partial charge is 0.391 e. The SMILES string of the molecule is CN1CCN([C@H]2CC[C@](CNC(=O)Cn3cccn3)(c3ccccc3)CC[C@@H]2O)CC1. The van der Waals surface area contributed by atoms with Crippen LogP contribution in [0.5, 0.6) is 0 Å². The molecule has 2 heterocycles. The minimum absolute atomic E-state index is 0.0283. The van der Waals surface area contributed by atoms with E-state index in [1.54, 1.807) is 17.1 Å². The predicted octanol–water partition coefficient (Wildman–Crippen LogP) is 1.49. The van der Waals surface area contributed by atoms with Crippen LogP contribution in [0.15, 0.2) is 48.8 Å². The Balaban J connectivity index is 1.48. The maximum absolute atomic E-state index is 12.6. The summed E-state index contributed by atoms with van der Waals surface area (Å²) in [6, 6.07) is 12.5. The van der Waals surface area contributed by atoms with Gasteiger partial charge in [-0.25, -0.2) is 0 Å². The van der Waals surface area contributed by atoms with Crippen LogP contribution in [0.3, 0.4) is 0 Å². The minimum atomic E-state index is -0.325. The number of benzene rings is 1. The first-order valence-corrected chi connectivity index (χ1v) is 11.5. The number of carbonyl (C=O) groups is 1. The van der Waals surface area contributed by atoms with Crippen molar-refractivity contribution < 1.29 is 9.90 Å². The third kappa shape index (κ3) is 5.34. The van der Waals surface area contributed by atoms with Gasteiger partial charge >= 0.3 is 0 Å². The van der Waals surface area contributed by atoms with Gasteiger partial charge in [0.1, 0.15) is 6.54 Å². The van der Waals surface area contributed by atoms with Gasteiger partial charge in [0.05, 0.1) is 6.10 Å². The minimum Gasteiger partial charge on any atom is -0.391 e. The lowest BCUT2D eigenvalue weighted by Gasteiger charge is -2.39. The molecule has 1 amide bonds. The number of hydrogen-bond acceptors (Lipinski definition) is 5. The summed E-state index contributed by atoms with van der Waals surface area (Å²) in [6.45, 7) is 4.94. The van der Waals surface area contributed by atoms with Crippen LogP contribution in [0.1, 0.15) is 31.2 Å². The summed E-state index contributed by atoms with van der Waals surface area (Å²) in [5.41, 5.74) is 1.09. The third-order valence-electron chi connectivity index (χ3n) is 7.16. The monoisotopic (exact) mass is 425 g/mol. The van der Waals surface area contributed by atoms with Crippen molar-refractivity contribution >= 4 is 5.91 Å². The van der Waals surface area contributed by atoms with Crippen LogP contribution < -0.4 is 5.32 Å². The summed E-state index contributed by atoms with van der Waals surface area (Å²) in [7, 11) is 2.16. The lowest BCUT2D eigenvalue weighted by molar-refractivity contribution is -0.122. The third-order valence-corrected chi connectivity index (χ3v) is 7.16. The van der Waals surface area contributed by atoms with Gasteiger partial charge in [0, 0.05) is 56.6 Å². The number of likely N-dealkylation sites (N-methyl/N-ethyl adjacent to an activating group) is 1. The van der Waals surface area contributed by atoms with Gasteiger partial charge in [-0.05, 0) is 44.4 Å². The summed E-state index contributed by atoms with van der Waals surface area (Å²) in [5, 5.41) is 18.3. The summed E-state index contributed by atoms with van der Waals surface area (Å²) in [6.07, 6.45) is 6.67. The number of nitrogens with one attached hydrogen (secondary N) is 1. The molecule has 2 aromatic rings. The highest BCUT2D eigenvalue weighted by atomic mass is 16.3. The first-order valence-electron chi connectivity index (χ1n) is 11.5. The van der Waals surface area contributed by atoms with E-state index in [0.29, 0.717) is 6.54 Å². The molecule has 0 bridgehead atoms. The van der Waals surface area contributed by atoms with Crippen molar-refractivity contribution in [3.8, 4) is 0 Å². The van der Waals surface area contributed by atoms with Crippen LogP contribution in [0, 0.1) is 0 Å². The van der Waals surface area contributed by atoms with E-state index >= 15 is 0 Å². The van der Waals surface area contributed by atoms with Crippen LogP contribution in [-0.2, 0) is 16.8 Å². The number of piperazine rings is 1. The Hall–Kier alpha value is -2.22. The molecule has 0 unspecified atom stereocenters.